The summed E-state index contributed by atoms with van der Waals surface area (Å²) in [5.41, 5.74) is 6.98. The summed E-state index contributed by atoms with van der Waals surface area (Å²) in [5.74, 6) is -0.113. The molecule has 1 aromatic heterocycles. The van der Waals surface area contributed by atoms with Crippen molar-refractivity contribution in [3.05, 3.63) is 40.9 Å². The molecule has 6 N–H and O–H groups in total. The highest BCUT2D eigenvalue weighted by molar-refractivity contribution is 7.13. The number of carbonyl (C=O) groups excluding carboxylic acids is 1. The molecular formula is C17H21N5O5S. The van der Waals surface area contributed by atoms with Gasteiger partial charge >= 0.3 is 12.2 Å². The first-order valence-corrected chi connectivity index (χ1v) is 8.95. The Hall–Kier alpha value is -3.47. The van der Waals surface area contributed by atoms with E-state index in [0.29, 0.717) is 5.13 Å². The van der Waals surface area contributed by atoms with Crippen LogP contribution in [0, 0.1) is 0 Å². The monoisotopic (exact) mass is 407 g/mol. The summed E-state index contributed by atoms with van der Waals surface area (Å²) in [7, 11) is 0. The van der Waals surface area contributed by atoms with Crippen LogP contribution in [0.2, 0.25) is 0 Å². The van der Waals surface area contributed by atoms with Gasteiger partial charge in [-0.25, -0.2) is 14.6 Å². The second-order valence-corrected chi connectivity index (χ2v) is 6.26. The Kier molecular flexibility index (Phi) is 9.68. The van der Waals surface area contributed by atoms with Gasteiger partial charge in [0, 0.05) is 18.0 Å². The lowest BCUT2D eigenvalue weighted by atomic mass is 10.1. The van der Waals surface area contributed by atoms with Gasteiger partial charge in [0.05, 0.1) is 12.0 Å². The van der Waals surface area contributed by atoms with Gasteiger partial charge in [-0.2, -0.15) is 4.99 Å². The first kappa shape index (κ1) is 22.6. The number of anilines is 2. The van der Waals surface area contributed by atoms with Crippen LogP contribution in [0.25, 0.3) is 0 Å². The number of hydrogen-bond donors (Lipinski definition) is 5. The van der Waals surface area contributed by atoms with Crippen molar-refractivity contribution in [2.24, 2.45) is 10.7 Å². The summed E-state index contributed by atoms with van der Waals surface area (Å²) in [6.45, 7) is 1.47. The molecule has 0 bridgehead atoms. The number of aliphatic imine (C=N–C) groups is 1. The molecule has 28 heavy (non-hydrogen) atoms. The van der Waals surface area contributed by atoms with E-state index in [1.807, 2.05) is 29.6 Å². The molecule has 0 fully saturated rings. The summed E-state index contributed by atoms with van der Waals surface area (Å²) < 4.78 is 0. The molecule has 2 aromatic rings. The SMILES string of the molecule is CC(=O)Nc1nc(CCCc2ccc(NC=NC(=O)O)cc2)cs1.NC(=O)O. The van der Waals surface area contributed by atoms with Crippen LogP contribution in [0.4, 0.5) is 20.4 Å². The number of nitrogens with zero attached hydrogens (tertiary/aromatic N) is 2. The number of aromatic nitrogens is 1. The molecule has 2 rings (SSSR count). The number of primary amides is 1. The summed E-state index contributed by atoms with van der Waals surface area (Å²) in [6.07, 6.45) is 1.29. The molecule has 0 aliphatic heterocycles. The zero-order valence-corrected chi connectivity index (χ0v) is 15.9. The lowest BCUT2D eigenvalue weighted by molar-refractivity contribution is -0.114. The first-order chi connectivity index (χ1) is 13.3. The van der Waals surface area contributed by atoms with Gasteiger partial charge < -0.3 is 26.6 Å². The maximum absolute atomic E-state index is 11.0. The van der Waals surface area contributed by atoms with Gasteiger partial charge in [-0.3, -0.25) is 4.79 Å². The fourth-order valence-corrected chi connectivity index (χ4v) is 2.82. The van der Waals surface area contributed by atoms with Crippen LogP contribution < -0.4 is 16.4 Å². The van der Waals surface area contributed by atoms with E-state index in [1.165, 1.54) is 23.8 Å². The first-order valence-electron chi connectivity index (χ1n) is 8.07. The Labute approximate surface area is 165 Å². The molecule has 0 aliphatic rings. The molecule has 11 heteroatoms. The van der Waals surface area contributed by atoms with E-state index in [0.717, 1.165) is 37.0 Å². The van der Waals surface area contributed by atoms with E-state index in [9.17, 15) is 9.59 Å². The van der Waals surface area contributed by atoms with Crippen LogP contribution in [0.3, 0.4) is 0 Å². The molecule has 0 unspecified atom stereocenters. The van der Waals surface area contributed by atoms with E-state index in [4.69, 9.17) is 15.0 Å². The van der Waals surface area contributed by atoms with E-state index in [-0.39, 0.29) is 5.91 Å². The molecule has 1 aromatic carbocycles. The summed E-state index contributed by atoms with van der Waals surface area (Å²) in [6, 6.07) is 7.73. The number of amides is 3. The van der Waals surface area contributed by atoms with Crippen molar-refractivity contribution in [3.63, 3.8) is 0 Å². The van der Waals surface area contributed by atoms with Gasteiger partial charge in [-0.1, -0.05) is 12.1 Å². The molecule has 0 radical (unpaired) electrons. The third-order valence-electron chi connectivity index (χ3n) is 3.09. The van der Waals surface area contributed by atoms with Crippen molar-refractivity contribution < 1.29 is 24.6 Å². The number of carboxylic acid groups (broad SMARTS) is 2. The van der Waals surface area contributed by atoms with Crippen LogP contribution in [0.5, 0.6) is 0 Å². The molecule has 0 spiro atoms. The minimum atomic E-state index is -1.33. The summed E-state index contributed by atoms with van der Waals surface area (Å²) in [4.78, 5) is 37.6. The number of nitrogens with one attached hydrogen (secondary N) is 2. The maximum Gasteiger partial charge on any atom is 0.432 e. The average molecular weight is 407 g/mol. The van der Waals surface area contributed by atoms with Gasteiger partial charge in [0.2, 0.25) is 5.91 Å². The van der Waals surface area contributed by atoms with Crippen LogP contribution >= 0.6 is 11.3 Å². The summed E-state index contributed by atoms with van der Waals surface area (Å²) >= 11 is 1.43. The minimum Gasteiger partial charge on any atom is -0.465 e. The van der Waals surface area contributed by atoms with E-state index in [1.54, 1.807) is 0 Å². The van der Waals surface area contributed by atoms with Crippen molar-refractivity contribution in [1.29, 1.82) is 0 Å². The fourth-order valence-electron chi connectivity index (χ4n) is 2.03. The molecular weight excluding hydrogens is 386 g/mol. The van der Waals surface area contributed by atoms with Crippen molar-refractivity contribution in [3.8, 4) is 0 Å². The predicted molar refractivity (Wildman–Crippen MR) is 107 cm³/mol. The maximum atomic E-state index is 11.0. The predicted octanol–water partition coefficient (Wildman–Crippen LogP) is 3.02. The number of aryl methyl sites for hydroxylation is 2. The third-order valence-corrected chi connectivity index (χ3v) is 3.90. The van der Waals surface area contributed by atoms with Crippen molar-refractivity contribution in [2.45, 2.75) is 26.2 Å². The Morgan fingerprint density at radius 2 is 1.86 bits per heavy atom. The van der Waals surface area contributed by atoms with Crippen LogP contribution in [-0.4, -0.2) is 39.6 Å². The van der Waals surface area contributed by atoms with Crippen molar-refractivity contribution in [1.82, 2.24) is 4.98 Å². The molecule has 3 amide bonds. The summed E-state index contributed by atoms with van der Waals surface area (Å²) in [5, 5.41) is 23.7. The van der Waals surface area contributed by atoms with Crippen molar-refractivity contribution in [2.75, 3.05) is 10.6 Å². The minimum absolute atomic E-state index is 0.113. The van der Waals surface area contributed by atoms with Gasteiger partial charge in [0.15, 0.2) is 5.13 Å². The second kappa shape index (κ2) is 12.0. The highest BCUT2D eigenvalue weighted by Gasteiger charge is 2.03. The van der Waals surface area contributed by atoms with Crippen LogP contribution in [0.15, 0.2) is 34.6 Å². The molecule has 10 nitrogen and oxygen atoms in total. The largest absolute Gasteiger partial charge is 0.465 e. The number of nitrogens with two attached hydrogens (primary N) is 1. The molecule has 1 heterocycles. The Morgan fingerprint density at radius 1 is 1.21 bits per heavy atom. The van der Waals surface area contributed by atoms with Crippen LogP contribution in [0.1, 0.15) is 24.6 Å². The zero-order valence-electron chi connectivity index (χ0n) is 15.1. The smallest absolute Gasteiger partial charge is 0.432 e. The second-order valence-electron chi connectivity index (χ2n) is 5.40. The Bertz CT molecular complexity index is 816. The topological polar surface area (TPSA) is 167 Å². The van der Waals surface area contributed by atoms with E-state index in [2.05, 4.69) is 26.3 Å². The molecule has 0 atom stereocenters. The van der Waals surface area contributed by atoms with Gasteiger partial charge in [-0.05, 0) is 37.0 Å². The quantitative estimate of drug-likeness (QED) is 0.347. The zero-order chi connectivity index (χ0) is 20.9. The van der Waals surface area contributed by atoms with Crippen molar-refractivity contribution >= 4 is 46.6 Å². The normalized spacial score (nSPS) is 10.0. The highest BCUT2D eigenvalue weighted by Crippen LogP contribution is 2.17. The number of benzene rings is 1. The lowest BCUT2D eigenvalue weighted by Gasteiger charge is -2.03. The molecule has 0 aliphatic carbocycles. The van der Waals surface area contributed by atoms with Gasteiger partial charge in [-0.15, -0.1) is 11.3 Å². The third kappa shape index (κ3) is 10.5. The number of thiazole rings is 1. The Morgan fingerprint density at radius 3 is 2.43 bits per heavy atom. The van der Waals surface area contributed by atoms with E-state index >= 15 is 0 Å². The molecule has 0 saturated heterocycles. The van der Waals surface area contributed by atoms with Gasteiger partial charge in [0.25, 0.3) is 0 Å². The fraction of sp³-hybridized carbons (Fsp3) is 0.235. The standard InChI is InChI=1S/C16H18N4O3S.CH3NO2/c1-11(21)19-15-20-14(9-24-15)4-2-3-12-5-7-13(8-6-12)17-10-18-16(22)23;2-1(3)4/h5-10H,2-4H2,1H3,(H,17,18)(H,22,23)(H,19,20,21);2H2,(H,3,4). The Balaban J connectivity index is 0.000000892. The van der Waals surface area contributed by atoms with Crippen LogP contribution in [-0.2, 0) is 17.6 Å². The number of rotatable bonds is 7. The van der Waals surface area contributed by atoms with Gasteiger partial charge in [0.1, 0.15) is 0 Å². The lowest BCUT2D eigenvalue weighted by Crippen LogP contribution is -2.05. The number of carbonyl (C=O) groups is 3. The molecule has 0 saturated carbocycles. The van der Waals surface area contributed by atoms with E-state index < -0.39 is 12.2 Å². The average Bonchev–Trinajstić information content (AvgIpc) is 3.02. The number of hydrogen-bond acceptors (Lipinski definition) is 5. The highest BCUT2D eigenvalue weighted by atomic mass is 32.1. The molecule has 150 valence electrons.